The summed E-state index contributed by atoms with van der Waals surface area (Å²) in [4.78, 5) is 11.5. The lowest BCUT2D eigenvalue weighted by molar-refractivity contribution is 0.0525. The van der Waals surface area contributed by atoms with Gasteiger partial charge in [0, 0.05) is 7.14 Å². The summed E-state index contributed by atoms with van der Waals surface area (Å²) < 4.78 is 6.41. The molecule has 0 aliphatic heterocycles. The largest absolute Gasteiger partial charge is 0.462 e. The van der Waals surface area contributed by atoms with Crippen LogP contribution in [0.15, 0.2) is 12.1 Å². The molecule has 0 aliphatic rings. The molecule has 1 aromatic carbocycles. The topological polar surface area (TPSA) is 50.1 Å². The van der Waals surface area contributed by atoms with Crippen LogP contribution in [0, 0.1) is 18.5 Å². The first-order valence-corrected chi connectivity index (χ1v) is 6.32. The van der Waals surface area contributed by atoms with Crippen molar-refractivity contribution in [1.29, 1.82) is 5.26 Å². The molecule has 1 aromatic rings. The average molecular weight is 427 g/mol. The van der Waals surface area contributed by atoms with Gasteiger partial charge in [0.1, 0.15) is 6.07 Å². The molecule has 0 atom stereocenters. The molecule has 0 saturated heterocycles. The molecule has 78 valence electrons. The van der Waals surface area contributed by atoms with Crippen molar-refractivity contribution in [3.8, 4) is 6.07 Å². The molecule has 5 heteroatoms. The van der Waals surface area contributed by atoms with Crippen LogP contribution in [0.3, 0.4) is 0 Å². The highest BCUT2D eigenvalue weighted by Crippen LogP contribution is 2.21. The lowest BCUT2D eigenvalue weighted by Crippen LogP contribution is -2.08. The van der Waals surface area contributed by atoms with E-state index in [4.69, 9.17) is 10.00 Å². The number of nitriles is 1. The minimum absolute atomic E-state index is 0.336. The molecule has 0 aromatic heterocycles. The molecule has 0 heterocycles. The second kappa shape index (κ2) is 5.65. The van der Waals surface area contributed by atoms with E-state index in [2.05, 4.69) is 28.7 Å². The highest BCUT2D eigenvalue weighted by molar-refractivity contribution is 14.1. The molecule has 3 nitrogen and oxygen atoms in total. The smallest absolute Gasteiger partial charge is 0.339 e. The molecule has 0 fully saturated rings. The minimum Gasteiger partial charge on any atom is -0.462 e. The minimum atomic E-state index is -0.378. The molecule has 0 unspecified atom stereocenters. The monoisotopic (exact) mass is 427 g/mol. The van der Waals surface area contributed by atoms with Crippen LogP contribution in [0.2, 0.25) is 0 Å². The average Bonchev–Trinajstić information content (AvgIpc) is 2.21. The third-order valence-corrected chi connectivity index (χ3v) is 3.44. The summed E-state index contributed by atoms with van der Waals surface area (Å²) in [6, 6.07) is 5.52. The Morgan fingerprint density at radius 1 is 1.53 bits per heavy atom. The number of rotatable bonds is 2. The van der Waals surface area contributed by atoms with Gasteiger partial charge in [-0.2, -0.15) is 5.26 Å². The van der Waals surface area contributed by atoms with E-state index in [0.29, 0.717) is 21.3 Å². The first-order valence-electron chi connectivity index (χ1n) is 4.16. The number of ether oxygens (including phenoxy) is 1. The molecular weight excluding hydrogens is 420 g/mol. The Bertz CT molecular complexity index is 438. The maximum absolute atomic E-state index is 11.5. The number of nitrogens with zero attached hydrogens (tertiary/aromatic N) is 1. The summed E-state index contributed by atoms with van der Waals surface area (Å²) in [5, 5.41) is 8.87. The molecule has 0 amide bonds. The van der Waals surface area contributed by atoms with Crippen LogP contribution in [0.1, 0.15) is 22.8 Å². The van der Waals surface area contributed by atoms with Crippen LogP contribution < -0.4 is 0 Å². The number of esters is 1. The van der Waals surface area contributed by atoms with Gasteiger partial charge < -0.3 is 4.74 Å². The lowest BCUT2D eigenvalue weighted by atomic mass is 10.1. The van der Waals surface area contributed by atoms with Crippen molar-refractivity contribution in [3.05, 3.63) is 30.4 Å². The zero-order chi connectivity index (χ0) is 11.4. The second-order valence-corrected chi connectivity index (χ2v) is 4.97. The van der Waals surface area contributed by atoms with Crippen LogP contribution in [0.5, 0.6) is 0 Å². The molecule has 0 bridgehead atoms. The lowest BCUT2D eigenvalue weighted by Gasteiger charge is -2.06. The van der Waals surface area contributed by atoms with Crippen LogP contribution in [-0.2, 0) is 4.74 Å². The summed E-state index contributed by atoms with van der Waals surface area (Å²) in [6.07, 6.45) is 0. The zero-order valence-electron chi connectivity index (χ0n) is 7.88. The summed E-state index contributed by atoms with van der Waals surface area (Å²) in [5.41, 5.74) is 0.964. The van der Waals surface area contributed by atoms with Crippen molar-refractivity contribution < 1.29 is 9.53 Å². The molecular formula is C10H7I2NO2. The van der Waals surface area contributed by atoms with E-state index in [1.54, 1.807) is 19.1 Å². The van der Waals surface area contributed by atoms with E-state index in [1.807, 2.05) is 22.6 Å². The fourth-order valence-electron chi connectivity index (χ4n) is 1.03. The van der Waals surface area contributed by atoms with Crippen molar-refractivity contribution in [3.63, 3.8) is 0 Å². The quantitative estimate of drug-likeness (QED) is 0.539. The number of carbonyl (C=O) groups is 1. The van der Waals surface area contributed by atoms with Crippen LogP contribution in [-0.4, -0.2) is 12.6 Å². The Balaban J connectivity index is 3.24. The van der Waals surface area contributed by atoms with Gasteiger partial charge in [-0.1, -0.05) is 0 Å². The Morgan fingerprint density at radius 3 is 2.73 bits per heavy atom. The fraction of sp³-hybridized carbons (Fsp3) is 0.200. The zero-order valence-corrected chi connectivity index (χ0v) is 12.2. The van der Waals surface area contributed by atoms with E-state index in [-0.39, 0.29) is 5.97 Å². The second-order valence-electron chi connectivity index (χ2n) is 2.65. The van der Waals surface area contributed by atoms with Crippen molar-refractivity contribution >= 4 is 51.2 Å². The van der Waals surface area contributed by atoms with Gasteiger partial charge in [0.2, 0.25) is 0 Å². The van der Waals surface area contributed by atoms with Crippen LogP contribution in [0.4, 0.5) is 0 Å². The Labute approximate surface area is 115 Å². The van der Waals surface area contributed by atoms with Crippen molar-refractivity contribution in [2.75, 3.05) is 6.61 Å². The molecule has 0 spiro atoms. The molecule has 0 saturated carbocycles. The third kappa shape index (κ3) is 3.04. The van der Waals surface area contributed by atoms with E-state index < -0.39 is 0 Å². The number of hydrogen-bond donors (Lipinski definition) is 0. The highest BCUT2D eigenvalue weighted by atomic mass is 127. The van der Waals surface area contributed by atoms with Gasteiger partial charge >= 0.3 is 5.97 Å². The van der Waals surface area contributed by atoms with Crippen LogP contribution >= 0.6 is 45.2 Å². The predicted octanol–water partition coefficient (Wildman–Crippen LogP) is 2.94. The third-order valence-electron chi connectivity index (χ3n) is 1.65. The Morgan fingerprint density at radius 2 is 2.20 bits per heavy atom. The Hall–Kier alpha value is -0.360. The Kier molecular flexibility index (Phi) is 4.79. The summed E-state index contributed by atoms with van der Waals surface area (Å²) in [6.45, 7) is 2.09. The van der Waals surface area contributed by atoms with Gasteiger partial charge in [-0.3, -0.25) is 0 Å². The SMILES string of the molecule is CCOC(=O)c1cc(I)cc(C#N)c1I. The summed E-state index contributed by atoms with van der Waals surface area (Å²) in [7, 11) is 0. The number of hydrogen-bond acceptors (Lipinski definition) is 3. The highest BCUT2D eigenvalue weighted by Gasteiger charge is 2.15. The summed E-state index contributed by atoms with van der Waals surface area (Å²) >= 11 is 4.06. The maximum Gasteiger partial charge on any atom is 0.339 e. The maximum atomic E-state index is 11.5. The fourth-order valence-corrected chi connectivity index (χ4v) is 2.30. The van der Waals surface area contributed by atoms with E-state index in [1.165, 1.54) is 0 Å². The van der Waals surface area contributed by atoms with Crippen molar-refractivity contribution in [2.45, 2.75) is 6.92 Å². The first kappa shape index (κ1) is 12.7. The van der Waals surface area contributed by atoms with E-state index in [0.717, 1.165) is 3.57 Å². The van der Waals surface area contributed by atoms with Gasteiger partial charge in [-0.05, 0) is 64.2 Å². The van der Waals surface area contributed by atoms with Gasteiger partial charge in [0.25, 0.3) is 0 Å². The number of halogens is 2. The standard InChI is InChI=1S/C10H7I2NO2/c1-2-15-10(14)8-4-7(11)3-6(5-13)9(8)12/h3-4H,2H2,1H3. The van der Waals surface area contributed by atoms with Gasteiger partial charge in [0.05, 0.1) is 17.7 Å². The van der Waals surface area contributed by atoms with E-state index >= 15 is 0 Å². The van der Waals surface area contributed by atoms with Gasteiger partial charge in [0.15, 0.2) is 0 Å². The number of benzene rings is 1. The molecule has 0 radical (unpaired) electrons. The van der Waals surface area contributed by atoms with Crippen molar-refractivity contribution in [2.24, 2.45) is 0 Å². The number of carbonyl (C=O) groups excluding carboxylic acids is 1. The van der Waals surface area contributed by atoms with E-state index in [9.17, 15) is 4.79 Å². The molecule has 1 rings (SSSR count). The van der Waals surface area contributed by atoms with Gasteiger partial charge in [-0.15, -0.1) is 0 Å². The van der Waals surface area contributed by atoms with Crippen LogP contribution in [0.25, 0.3) is 0 Å². The normalized spacial score (nSPS) is 9.47. The predicted molar refractivity (Wildman–Crippen MR) is 72.5 cm³/mol. The first-order chi connectivity index (χ1) is 7.10. The van der Waals surface area contributed by atoms with Crippen molar-refractivity contribution in [1.82, 2.24) is 0 Å². The van der Waals surface area contributed by atoms with Gasteiger partial charge in [-0.25, -0.2) is 4.79 Å². The molecule has 15 heavy (non-hydrogen) atoms. The molecule has 0 N–H and O–H groups in total. The molecule has 0 aliphatic carbocycles. The summed E-state index contributed by atoms with van der Waals surface area (Å²) in [5.74, 6) is -0.378.